The maximum Gasteiger partial charge on any atom is 0.168 e. The fourth-order valence-corrected chi connectivity index (χ4v) is 1.46. The third-order valence-electron chi connectivity index (χ3n) is 2.13. The molecule has 0 unspecified atom stereocenters. The Morgan fingerprint density at radius 2 is 1.88 bits per heavy atom. The van der Waals surface area contributed by atoms with Crippen LogP contribution in [0, 0.1) is 11.6 Å². The molecule has 1 aromatic heterocycles. The summed E-state index contributed by atoms with van der Waals surface area (Å²) in [6.07, 6.45) is 2.20. The molecule has 2 rings (SSSR count). The van der Waals surface area contributed by atoms with E-state index in [9.17, 15) is 13.6 Å². The Bertz CT molecular complexity index is 538. The van der Waals surface area contributed by atoms with E-state index >= 15 is 0 Å². The number of hydrogen-bond acceptors (Lipinski definition) is 3. The highest BCUT2D eigenvalue weighted by Gasteiger charge is 2.04. The quantitative estimate of drug-likeness (QED) is 0.764. The first-order chi connectivity index (χ1) is 8.17. The summed E-state index contributed by atoms with van der Waals surface area (Å²) in [6.45, 7) is 0. The van der Waals surface area contributed by atoms with Gasteiger partial charge in [-0.3, -0.25) is 4.79 Å². The van der Waals surface area contributed by atoms with Crippen LogP contribution < -0.4 is 0 Å². The summed E-state index contributed by atoms with van der Waals surface area (Å²) in [4.78, 5) is 18.4. The molecular formula is C12H8F2N2O. The molecule has 0 spiro atoms. The lowest BCUT2D eigenvalue weighted by molar-refractivity contribution is 0.111. The van der Waals surface area contributed by atoms with Gasteiger partial charge in [-0.15, -0.1) is 0 Å². The summed E-state index contributed by atoms with van der Waals surface area (Å²) >= 11 is 0. The van der Waals surface area contributed by atoms with E-state index in [4.69, 9.17) is 0 Å². The summed E-state index contributed by atoms with van der Waals surface area (Å²) in [6, 6.07) is 4.68. The van der Waals surface area contributed by atoms with E-state index in [1.807, 2.05) is 0 Å². The molecule has 0 aliphatic heterocycles. The number of hydrogen-bond donors (Lipinski definition) is 0. The highest BCUT2D eigenvalue weighted by atomic mass is 19.1. The van der Waals surface area contributed by atoms with Gasteiger partial charge in [-0.25, -0.2) is 18.7 Å². The molecule has 0 radical (unpaired) electrons. The average Bonchev–Trinajstić information content (AvgIpc) is 2.28. The van der Waals surface area contributed by atoms with Gasteiger partial charge in [-0.05, 0) is 23.8 Å². The van der Waals surface area contributed by atoms with E-state index in [1.165, 1.54) is 24.4 Å². The van der Waals surface area contributed by atoms with Gasteiger partial charge < -0.3 is 0 Å². The van der Waals surface area contributed by atoms with Crippen molar-refractivity contribution in [1.29, 1.82) is 0 Å². The van der Waals surface area contributed by atoms with E-state index in [0.717, 1.165) is 6.07 Å². The Labute approximate surface area is 96.2 Å². The Kier molecular flexibility index (Phi) is 3.18. The molecule has 0 fully saturated rings. The first kappa shape index (κ1) is 11.3. The largest absolute Gasteiger partial charge is 0.296 e. The predicted octanol–water partition coefficient (Wildman–Crippen LogP) is 2.16. The van der Waals surface area contributed by atoms with Crippen LogP contribution in [-0.2, 0) is 6.42 Å². The molecule has 0 bridgehead atoms. The monoisotopic (exact) mass is 234 g/mol. The SMILES string of the molecule is O=Cc1ccnc(Cc2cc(F)cc(F)c2)n1. The minimum Gasteiger partial charge on any atom is -0.296 e. The third kappa shape index (κ3) is 2.90. The van der Waals surface area contributed by atoms with Crippen molar-refractivity contribution in [2.45, 2.75) is 6.42 Å². The topological polar surface area (TPSA) is 42.9 Å². The second kappa shape index (κ2) is 4.78. The van der Waals surface area contributed by atoms with Crippen LogP contribution in [0.15, 0.2) is 30.5 Å². The van der Waals surface area contributed by atoms with Crippen molar-refractivity contribution in [1.82, 2.24) is 9.97 Å². The van der Waals surface area contributed by atoms with E-state index in [1.54, 1.807) is 0 Å². The second-order valence-corrected chi connectivity index (χ2v) is 3.47. The van der Waals surface area contributed by atoms with Crippen LogP contribution >= 0.6 is 0 Å². The number of benzene rings is 1. The molecule has 0 aliphatic rings. The van der Waals surface area contributed by atoms with Gasteiger partial charge in [0.25, 0.3) is 0 Å². The zero-order chi connectivity index (χ0) is 12.3. The summed E-state index contributed by atoms with van der Waals surface area (Å²) < 4.78 is 25.9. The minimum absolute atomic E-state index is 0.177. The zero-order valence-corrected chi connectivity index (χ0v) is 8.73. The fourth-order valence-electron chi connectivity index (χ4n) is 1.46. The Hall–Kier alpha value is -2.17. The molecule has 0 amide bonds. The Morgan fingerprint density at radius 1 is 1.18 bits per heavy atom. The van der Waals surface area contributed by atoms with Crippen molar-refractivity contribution in [2.75, 3.05) is 0 Å². The molecule has 0 N–H and O–H groups in total. The number of carbonyl (C=O) groups excluding carboxylic acids is 1. The lowest BCUT2D eigenvalue weighted by Gasteiger charge is -2.01. The van der Waals surface area contributed by atoms with Crippen molar-refractivity contribution in [3.8, 4) is 0 Å². The summed E-state index contributed by atoms with van der Waals surface area (Å²) in [5.41, 5.74) is 0.664. The van der Waals surface area contributed by atoms with E-state index in [0.29, 0.717) is 17.7 Å². The molecule has 1 aromatic carbocycles. The normalized spacial score (nSPS) is 10.2. The van der Waals surface area contributed by atoms with E-state index < -0.39 is 11.6 Å². The van der Waals surface area contributed by atoms with Crippen LogP contribution in [0.1, 0.15) is 21.9 Å². The minimum atomic E-state index is -0.647. The molecule has 86 valence electrons. The standard InChI is InChI=1S/C12H8F2N2O/c13-9-3-8(4-10(14)6-9)5-12-15-2-1-11(7-17)16-12/h1-4,6-7H,5H2. The first-order valence-electron chi connectivity index (χ1n) is 4.89. The third-order valence-corrected chi connectivity index (χ3v) is 2.13. The average molecular weight is 234 g/mol. The number of aromatic nitrogens is 2. The molecule has 3 nitrogen and oxygen atoms in total. The van der Waals surface area contributed by atoms with Crippen LogP contribution in [0.25, 0.3) is 0 Å². The molecule has 0 aliphatic carbocycles. The zero-order valence-electron chi connectivity index (χ0n) is 8.73. The van der Waals surface area contributed by atoms with Crippen molar-refractivity contribution in [3.05, 3.63) is 59.2 Å². The predicted molar refractivity (Wildman–Crippen MR) is 56.6 cm³/mol. The van der Waals surface area contributed by atoms with Crippen molar-refractivity contribution in [2.24, 2.45) is 0 Å². The first-order valence-corrected chi connectivity index (χ1v) is 4.89. The lowest BCUT2D eigenvalue weighted by atomic mass is 10.1. The number of nitrogens with zero attached hydrogens (tertiary/aromatic N) is 2. The summed E-state index contributed by atoms with van der Waals surface area (Å²) in [5, 5.41) is 0. The molecule has 0 atom stereocenters. The van der Waals surface area contributed by atoms with Crippen molar-refractivity contribution < 1.29 is 13.6 Å². The number of carbonyl (C=O) groups is 1. The van der Waals surface area contributed by atoms with Crippen LogP contribution in [0.5, 0.6) is 0 Å². The molecule has 0 saturated carbocycles. The molecule has 1 heterocycles. The van der Waals surface area contributed by atoms with Gasteiger partial charge in [0.05, 0.1) is 0 Å². The van der Waals surface area contributed by atoms with Crippen LogP contribution in [0.3, 0.4) is 0 Å². The van der Waals surface area contributed by atoms with E-state index in [2.05, 4.69) is 9.97 Å². The fraction of sp³-hybridized carbons (Fsp3) is 0.0833. The molecule has 5 heteroatoms. The highest BCUT2D eigenvalue weighted by molar-refractivity contribution is 5.71. The molecule has 2 aromatic rings. The van der Waals surface area contributed by atoms with Gasteiger partial charge in [-0.2, -0.15) is 0 Å². The molecule has 17 heavy (non-hydrogen) atoms. The lowest BCUT2D eigenvalue weighted by Crippen LogP contribution is -2.00. The van der Waals surface area contributed by atoms with Crippen LogP contribution in [0.2, 0.25) is 0 Å². The summed E-state index contributed by atoms with van der Waals surface area (Å²) in [5.74, 6) is -0.947. The maximum absolute atomic E-state index is 12.9. The smallest absolute Gasteiger partial charge is 0.168 e. The van der Waals surface area contributed by atoms with Crippen molar-refractivity contribution in [3.63, 3.8) is 0 Å². The summed E-state index contributed by atoms with van der Waals surface area (Å²) in [7, 11) is 0. The number of rotatable bonds is 3. The van der Waals surface area contributed by atoms with Gasteiger partial charge >= 0.3 is 0 Å². The van der Waals surface area contributed by atoms with E-state index in [-0.39, 0.29) is 12.1 Å². The maximum atomic E-state index is 12.9. The van der Waals surface area contributed by atoms with Crippen LogP contribution in [-0.4, -0.2) is 16.3 Å². The Morgan fingerprint density at radius 3 is 2.53 bits per heavy atom. The molecule has 0 saturated heterocycles. The molecular weight excluding hydrogens is 226 g/mol. The van der Waals surface area contributed by atoms with Crippen molar-refractivity contribution >= 4 is 6.29 Å². The van der Waals surface area contributed by atoms with Gasteiger partial charge in [0, 0.05) is 18.7 Å². The number of halogens is 2. The van der Waals surface area contributed by atoms with Gasteiger partial charge in [0.2, 0.25) is 0 Å². The highest BCUT2D eigenvalue weighted by Crippen LogP contribution is 2.11. The van der Waals surface area contributed by atoms with Crippen LogP contribution in [0.4, 0.5) is 8.78 Å². The number of aldehydes is 1. The Balaban J connectivity index is 2.27. The van der Waals surface area contributed by atoms with Gasteiger partial charge in [0.1, 0.15) is 23.2 Å². The second-order valence-electron chi connectivity index (χ2n) is 3.47. The van der Waals surface area contributed by atoms with Gasteiger partial charge in [-0.1, -0.05) is 0 Å². The van der Waals surface area contributed by atoms with Gasteiger partial charge in [0.15, 0.2) is 6.29 Å².